The highest BCUT2D eigenvalue weighted by Gasteiger charge is 2.51. The molecule has 1 aliphatic rings. The highest BCUT2D eigenvalue weighted by molar-refractivity contribution is 5.80. The number of benzene rings is 1. The second-order valence-electron chi connectivity index (χ2n) is 5.00. The quantitative estimate of drug-likeness (QED) is 0.761. The molecule has 1 fully saturated rings. The fraction of sp³-hybridized carbons (Fsp3) is 0.533. The van der Waals surface area contributed by atoms with Crippen molar-refractivity contribution in [1.29, 1.82) is 0 Å². The van der Waals surface area contributed by atoms with Crippen molar-refractivity contribution in [2.45, 2.75) is 25.3 Å². The van der Waals surface area contributed by atoms with Gasteiger partial charge in [-0.3, -0.25) is 4.79 Å². The van der Waals surface area contributed by atoms with Gasteiger partial charge in [0, 0.05) is 6.07 Å². The molecule has 5 heteroatoms. The van der Waals surface area contributed by atoms with Crippen molar-refractivity contribution in [2.75, 3.05) is 20.3 Å². The number of hydrogen-bond acceptors (Lipinski definition) is 4. The lowest BCUT2D eigenvalue weighted by atomic mass is 9.94. The van der Waals surface area contributed by atoms with Gasteiger partial charge in [-0.15, -0.1) is 0 Å². The Balaban J connectivity index is 2.05. The number of aliphatic carboxylic acids is 1. The molecule has 2 N–H and O–H groups in total. The van der Waals surface area contributed by atoms with E-state index in [1.165, 1.54) is 0 Å². The lowest BCUT2D eigenvalue weighted by Gasteiger charge is -2.29. The minimum Gasteiger partial charge on any atom is -0.494 e. The highest BCUT2D eigenvalue weighted by Crippen LogP contribution is 2.40. The third-order valence-corrected chi connectivity index (χ3v) is 3.69. The van der Waals surface area contributed by atoms with Gasteiger partial charge in [-0.1, -0.05) is 6.07 Å². The molecule has 1 unspecified atom stereocenters. The van der Waals surface area contributed by atoms with Crippen molar-refractivity contribution in [3.8, 4) is 11.5 Å². The number of ether oxygens (including phenoxy) is 2. The number of rotatable bonds is 8. The zero-order chi connectivity index (χ0) is 14.6. The summed E-state index contributed by atoms with van der Waals surface area (Å²) in [6.07, 6.45) is 1.85. The lowest BCUT2D eigenvalue weighted by Crippen LogP contribution is -2.56. The summed E-state index contributed by atoms with van der Waals surface area (Å²) < 4.78 is 11.1. The number of nitrogens with one attached hydrogen (secondary N) is 1. The number of carboxylic acid groups (broad SMARTS) is 1. The molecule has 0 amide bonds. The number of hydrogen-bond donors (Lipinski definition) is 2. The second-order valence-corrected chi connectivity index (χ2v) is 5.00. The SMILES string of the molecule is CCOc1cccc(OCC(NC)(C(=O)O)C2CC2)c1. The molecule has 1 aliphatic carbocycles. The molecular weight excluding hydrogens is 258 g/mol. The van der Waals surface area contributed by atoms with Crippen LogP contribution in [-0.4, -0.2) is 36.9 Å². The van der Waals surface area contributed by atoms with Gasteiger partial charge in [-0.25, -0.2) is 0 Å². The van der Waals surface area contributed by atoms with E-state index < -0.39 is 11.5 Å². The first kappa shape index (κ1) is 14.7. The van der Waals surface area contributed by atoms with Crippen LogP contribution in [0.1, 0.15) is 19.8 Å². The zero-order valence-corrected chi connectivity index (χ0v) is 11.9. The fourth-order valence-electron chi connectivity index (χ4n) is 2.33. The average Bonchev–Trinajstić information content (AvgIpc) is 3.25. The van der Waals surface area contributed by atoms with E-state index in [2.05, 4.69) is 5.32 Å². The summed E-state index contributed by atoms with van der Waals surface area (Å²) in [6, 6.07) is 7.26. The van der Waals surface area contributed by atoms with Crippen LogP contribution in [0.4, 0.5) is 0 Å². The first-order chi connectivity index (χ1) is 9.62. The molecule has 0 saturated heterocycles. The van der Waals surface area contributed by atoms with E-state index >= 15 is 0 Å². The molecule has 0 spiro atoms. The summed E-state index contributed by atoms with van der Waals surface area (Å²) in [7, 11) is 1.67. The van der Waals surface area contributed by atoms with Crippen LogP contribution < -0.4 is 14.8 Å². The van der Waals surface area contributed by atoms with E-state index in [9.17, 15) is 9.90 Å². The molecule has 2 rings (SSSR count). The topological polar surface area (TPSA) is 67.8 Å². The normalized spacial score (nSPS) is 17.3. The summed E-state index contributed by atoms with van der Waals surface area (Å²) in [5, 5.41) is 12.4. The van der Waals surface area contributed by atoms with E-state index in [0.29, 0.717) is 12.4 Å². The summed E-state index contributed by atoms with van der Waals surface area (Å²) in [5.41, 5.74) is -0.998. The van der Waals surface area contributed by atoms with Crippen molar-refractivity contribution in [3.63, 3.8) is 0 Å². The molecule has 0 radical (unpaired) electrons. The van der Waals surface area contributed by atoms with Crippen molar-refractivity contribution in [2.24, 2.45) is 5.92 Å². The number of likely N-dealkylation sites (N-methyl/N-ethyl adjacent to an activating group) is 1. The van der Waals surface area contributed by atoms with Gasteiger partial charge in [-0.2, -0.15) is 0 Å². The Morgan fingerprint density at radius 2 is 2.05 bits per heavy atom. The largest absolute Gasteiger partial charge is 0.494 e. The Morgan fingerprint density at radius 3 is 2.55 bits per heavy atom. The predicted octanol–water partition coefficient (Wildman–Crippen LogP) is 1.92. The molecule has 0 bridgehead atoms. The zero-order valence-electron chi connectivity index (χ0n) is 11.9. The van der Waals surface area contributed by atoms with Gasteiger partial charge >= 0.3 is 5.97 Å². The van der Waals surface area contributed by atoms with E-state index in [4.69, 9.17) is 9.47 Å². The predicted molar refractivity (Wildman–Crippen MR) is 75.3 cm³/mol. The van der Waals surface area contributed by atoms with Gasteiger partial charge in [-0.05, 0) is 44.9 Å². The monoisotopic (exact) mass is 279 g/mol. The van der Waals surface area contributed by atoms with Crippen molar-refractivity contribution >= 4 is 5.97 Å². The van der Waals surface area contributed by atoms with Crippen LogP contribution in [0, 0.1) is 5.92 Å². The van der Waals surface area contributed by atoms with Gasteiger partial charge in [0.05, 0.1) is 6.61 Å². The first-order valence-corrected chi connectivity index (χ1v) is 6.90. The van der Waals surface area contributed by atoms with Crippen molar-refractivity contribution < 1.29 is 19.4 Å². The number of carbonyl (C=O) groups is 1. The van der Waals surface area contributed by atoms with Crippen LogP contribution in [0.5, 0.6) is 11.5 Å². The Hall–Kier alpha value is -1.75. The molecule has 0 aromatic heterocycles. The van der Waals surface area contributed by atoms with Gasteiger partial charge in [0.2, 0.25) is 0 Å². The molecule has 1 saturated carbocycles. The third kappa shape index (κ3) is 3.04. The molecule has 20 heavy (non-hydrogen) atoms. The Morgan fingerprint density at radius 1 is 1.40 bits per heavy atom. The molecule has 0 aliphatic heterocycles. The van der Waals surface area contributed by atoms with Crippen LogP contribution in [0.25, 0.3) is 0 Å². The lowest BCUT2D eigenvalue weighted by molar-refractivity contribution is -0.147. The van der Waals surface area contributed by atoms with E-state index in [1.807, 2.05) is 19.1 Å². The fourth-order valence-corrected chi connectivity index (χ4v) is 2.33. The Kier molecular flexibility index (Phi) is 4.49. The standard InChI is InChI=1S/C15H21NO4/c1-3-19-12-5-4-6-13(9-12)20-10-15(16-2,14(17)18)11-7-8-11/h4-6,9,11,16H,3,7-8,10H2,1-2H3,(H,17,18). The van der Waals surface area contributed by atoms with Crippen LogP contribution in [0.2, 0.25) is 0 Å². The van der Waals surface area contributed by atoms with Crippen LogP contribution in [-0.2, 0) is 4.79 Å². The summed E-state index contributed by atoms with van der Waals surface area (Å²) in [6.45, 7) is 2.61. The maximum atomic E-state index is 11.6. The van der Waals surface area contributed by atoms with E-state index in [1.54, 1.807) is 19.2 Å². The molecular formula is C15H21NO4. The minimum absolute atomic E-state index is 0.110. The Bertz CT molecular complexity index is 473. The van der Waals surface area contributed by atoms with Crippen LogP contribution >= 0.6 is 0 Å². The Labute approximate surface area is 118 Å². The van der Waals surface area contributed by atoms with Crippen molar-refractivity contribution in [1.82, 2.24) is 5.32 Å². The van der Waals surface area contributed by atoms with Crippen LogP contribution in [0.15, 0.2) is 24.3 Å². The molecule has 1 aromatic rings. The highest BCUT2D eigenvalue weighted by atomic mass is 16.5. The molecule has 1 atom stereocenters. The van der Waals surface area contributed by atoms with Gasteiger partial charge in [0.25, 0.3) is 0 Å². The van der Waals surface area contributed by atoms with E-state index in [0.717, 1.165) is 18.6 Å². The minimum atomic E-state index is -0.998. The first-order valence-electron chi connectivity index (χ1n) is 6.90. The van der Waals surface area contributed by atoms with Gasteiger partial charge in [0.15, 0.2) is 5.54 Å². The second kappa shape index (κ2) is 6.13. The smallest absolute Gasteiger partial charge is 0.327 e. The van der Waals surface area contributed by atoms with Gasteiger partial charge < -0.3 is 19.9 Å². The van der Waals surface area contributed by atoms with Crippen molar-refractivity contribution in [3.05, 3.63) is 24.3 Å². The third-order valence-electron chi connectivity index (χ3n) is 3.69. The van der Waals surface area contributed by atoms with Crippen LogP contribution in [0.3, 0.4) is 0 Å². The average molecular weight is 279 g/mol. The van der Waals surface area contributed by atoms with E-state index in [-0.39, 0.29) is 12.5 Å². The summed E-state index contributed by atoms with van der Waals surface area (Å²) in [5.74, 6) is 0.628. The molecule has 1 aromatic carbocycles. The maximum absolute atomic E-state index is 11.6. The molecule has 0 heterocycles. The maximum Gasteiger partial charge on any atom is 0.327 e. The number of carboxylic acids is 1. The molecule has 5 nitrogen and oxygen atoms in total. The summed E-state index contributed by atoms with van der Waals surface area (Å²) >= 11 is 0. The summed E-state index contributed by atoms with van der Waals surface area (Å²) in [4.78, 5) is 11.6. The van der Waals surface area contributed by atoms with Gasteiger partial charge in [0.1, 0.15) is 18.1 Å². The molecule has 110 valence electrons.